The molecule has 0 saturated heterocycles. The Labute approximate surface area is 117 Å². The van der Waals surface area contributed by atoms with Crippen LogP contribution in [-0.4, -0.2) is 13.4 Å². The van der Waals surface area contributed by atoms with Gasteiger partial charge in [0.05, 0.1) is 17.6 Å². The average molecular weight is 346 g/mol. The Morgan fingerprint density at radius 2 is 2.00 bits per heavy atom. The van der Waals surface area contributed by atoms with Gasteiger partial charge < -0.3 is 5.73 Å². The number of rotatable bonds is 3. The summed E-state index contributed by atoms with van der Waals surface area (Å²) < 4.78 is 39.9. The summed E-state index contributed by atoms with van der Waals surface area (Å²) in [5.41, 5.74) is 5.63. The summed E-state index contributed by atoms with van der Waals surface area (Å²) in [4.78, 5) is 3.71. The van der Waals surface area contributed by atoms with Crippen molar-refractivity contribution in [2.75, 3.05) is 10.5 Å². The van der Waals surface area contributed by atoms with Crippen LogP contribution >= 0.6 is 15.9 Å². The quantitative estimate of drug-likeness (QED) is 0.660. The van der Waals surface area contributed by atoms with Crippen LogP contribution in [0.1, 0.15) is 0 Å². The smallest absolute Gasteiger partial charge is 0.263 e. The van der Waals surface area contributed by atoms with Crippen LogP contribution in [0.25, 0.3) is 0 Å². The van der Waals surface area contributed by atoms with E-state index in [9.17, 15) is 12.8 Å². The van der Waals surface area contributed by atoms with Gasteiger partial charge in [-0.3, -0.25) is 4.72 Å². The lowest BCUT2D eigenvalue weighted by Gasteiger charge is -2.09. The number of nitrogens with one attached hydrogen (secondary N) is 1. The number of pyridine rings is 1. The van der Waals surface area contributed by atoms with Gasteiger partial charge in [-0.1, -0.05) is 0 Å². The first-order valence-corrected chi connectivity index (χ1v) is 7.35. The van der Waals surface area contributed by atoms with E-state index in [1.165, 1.54) is 12.3 Å². The molecular weight excluding hydrogens is 337 g/mol. The third kappa shape index (κ3) is 3.21. The number of anilines is 2. The summed E-state index contributed by atoms with van der Waals surface area (Å²) in [6.07, 6.45) is 1.35. The van der Waals surface area contributed by atoms with Crippen molar-refractivity contribution >= 4 is 37.3 Å². The molecule has 5 nitrogen and oxygen atoms in total. The Balaban J connectivity index is 2.35. The van der Waals surface area contributed by atoms with Gasteiger partial charge in [0.1, 0.15) is 15.3 Å². The van der Waals surface area contributed by atoms with E-state index in [1.807, 2.05) is 0 Å². The van der Waals surface area contributed by atoms with Gasteiger partial charge in [0.15, 0.2) is 0 Å². The average Bonchev–Trinajstić information content (AvgIpc) is 2.31. The summed E-state index contributed by atoms with van der Waals surface area (Å²) in [5, 5.41) is 0. The van der Waals surface area contributed by atoms with Crippen molar-refractivity contribution in [3.8, 4) is 0 Å². The molecule has 0 amide bonds. The van der Waals surface area contributed by atoms with Gasteiger partial charge in [0.2, 0.25) is 0 Å². The molecule has 0 saturated carbocycles. The van der Waals surface area contributed by atoms with Crippen molar-refractivity contribution in [2.24, 2.45) is 0 Å². The minimum absolute atomic E-state index is 0.155. The summed E-state index contributed by atoms with van der Waals surface area (Å²) in [6, 6.07) is 6.22. The number of sulfonamides is 1. The molecule has 0 aliphatic rings. The topological polar surface area (TPSA) is 85.1 Å². The Morgan fingerprint density at radius 1 is 1.26 bits per heavy atom. The van der Waals surface area contributed by atoms with Crippen molar-refractivity contribution in [1.29, 1.82) is 0 Å². The zero-order valence-corrected chi connectivity index (χ0v) is 11.9. The van der Waals surface area contributed by atoms with E-state index in [1.54, 1.807) is 6.07 Å². The summed E-state index contributed by atoms with van der Waals surface area (Å²) in [7, 11) is -3.87. The van der Waals surface area contributed by atoms with Crippen LogP contribution in [0.4, 0.5) is 15.8 Å². The van der Waals surface area contributed by atoms with Crippen molar-refractivity contribution in [2.45, 2.75) is 4.90 Å². The minimum atomic E-state index is -3.87. The van der Waals surface area contributed by atoms with Crippen LogP contribution in [0, 0.1) is 5.82 Å². The predicted molar refractivity (Wildman–Crippen MR) is 73.6 cm³/mol. The predicted octanol–water partition coefficient (Wildman–Crippen LogP) is 2.37. The maximum absolute atomic E-state index is 12.9. The van der Waals surface area contributed by atoms with Gasteiger partial charge in [0, 0.05) is 0 Å². The third-order valence-corrected chi connectivity index (χ3v) is 4.17. The number of benzene rings is 1. The molecule has 0 aliphatic carbocycles. The molecule has 2 rings (SSSR count). The molecule has 0 aliphatic heterocycles. The van der Waals surface area contributed by atoms with Crippen LogP contribution in [0.5, 0.6) is 0 Å². The molecule has 1 aromatic heterocycles. The van der Waals surface area contributed by atoms with Crippen LogP contribution in [0.2, 0.25) is 0 Å². The fraction of sp³-hybridized carbons (Fsp3) is 0. The number of nitrogens with two attached hydrogens (primary N) is 1. The lowest BCUT2D eigenvalue weighted by Crippen LogP contribution is -2.15. The first-order chi connectivity index (χ1) is 8.88. The molecular formula is C11H9BrFN3O2S. The molecule has 0 unspecified atom stereocenters. The lowest BCUT2D eigenvalue weighted by atomic mass is 10.3. The molecule has 0 atom stereocenters. The van der Waals surface area contributed by atoms with Gasteiger partial charge in [0.25, 0.3) is 10.0 Å². The van der Waals surface area contributed by atoms with E-state index in [4.69, 9.17) is 5.73 Å². The molecule has 8 heteroatoms. The van der Waals surface area contributed by atoms with E-state index in [2.05, 4.69) is 25.6 Å². The molecule has 3 N–H and O–H groups in total. The van der Waals surface area contributed by atoms with Crippen LogP contribution in [0.15, 0.2) is 46.0 Å². The first-order valence-electron chi connectivity index (χ1n) is 5.08. The standard InChI is InChI=1S/C11H9BrFN3O2S/c12-11-4-2-8(6-15-11)16-19(17,18)10-3-1-7(13)5-9(10)14/h1-6,16H,14H2. The number of hydrogen-bond acceptors (Lipinski definition) is 4. The van der Waals surface area contributed by atoms with E-state index in [0.717, 1.165) is 18.2 Å². The van der Waals surface area contributed by atoms with Gasteiger partial charge in [-0.05, 0) is 46.3 Å². The maximum atomic E-state index is 12.9. The van der Waals surface area contributed by atoms with Gasteiger partial charge in [-0.15, -0.1) is 0 Å². The van der Waals surface area contributed by atoms with E-state index >= 15 is 0 Å². The van der Waals surface area contributed by atoms with Crippen molar-refractivity contribution in [3.05, 3.63) is 46.9 Å². The van der Waals surface area contributed by atoms with Crippen LogP contribution in [-0.2, 0) is 10.0 Å². The molecule has 0 radical (unpaired) electrons. The fourth-order valence-corrected chi connectivity index (χ4v) is 2.80. The van der Waals surface area contributed by atoms with Crippen molar-refractivity contribution < 1.29 is 12.8 Å². The third-order valence-electron chi connectivity index (χ3n) is 2.24. The zero-order valence-electron chi connectivity index (χ0n) is 9.47. The highest BCUT2D eigenvalue weighted by atomic mass is 79.9. The molecule has 19 heavy (non-hydrogen) atoms. The van der Waals surface area contributed by atoms with Crippen molar-refractivity contribution in [1.82, 2.24) is 4.98 Å². The number of nitrogens with zero attached hydrogens (tertiary/aromatic N) is 1. The molecule has 0 fully saturated rings. The SMILES string of the molecule is Nc1cc(F)ccc1S(=O)(=O)Nc1ccc(Br)nc1. The van der Waals surface area contributed by atoms with Gasteiger partial charge >= 0.3 is 0 Å². The second kappa shape index (κ2) is 5.14. The Bertz CT molecular complexity index is 704. The van der Waals surface area contributed by atoms with Gasteiger partial charge in [-0.25, -0.2) is 17.8 Å². The Hall–Kier alpha value is -1.67. The van der Waals surface area contributed by atoms with E-state index < -0.39 is 15.8 Å². The maximum Gasteiger partial charge on any atom is 0.263 e. The number of nitrogen functional groups attached to an aromatic ring is 1. The summed E-state index contributed by atoms with van der Waals surface area (Å²) >= 11 is 3.14. The summed E-state index contributed by atoms with van der Waals surface area (Å²) in [6.45, 7) is 0. The van der Waals surface area contributed by atoms with Crippen molar-refractivity contribution in [3.63, 3.8) is 0 Å². The first kappa shape index (κ1) is 13.8. The largest absolute Gasteiger partial charge is 0.398 e. The summed E-state index contributed by atoms with van der Waals surface area (Å²) in [5.74, 6) is -0.596. The molecule has 100 valence electrons. The molecule has 0 spiro atoms. The van der Waals surface area contributed by atoms with E-state index in [0.29, 0.717) is 4.60 Å². The Kier molecular flexibility index (Phi) is 3.72. The highest BCUT2D eigenvalue weighted by Gasteiger charge is 2.18. The zero-order chi connectivity index (χ0) is 14.0. The number of aromatic nitrogens is 1. The molecule has 1 aromatic carbocycles. The molecule has 1 heterocycles. The number of hydrogen-bond donors (Lipinski definition) is 2. The Morgan fingerprint density at radius 3 is 2.58 bits per heavy atom. The van der Waals surface area contributed by atoms with E-state index in [-0.39, 0.29) is 16.3 Å². The minimum Gasteiger partial charge on any atom is -0.398 e. The monoisotopic (exact) mass is 345 g/mol. The number of halogens is 2. The lowest BCUT2D eigenvalue weighted by molar-refractivity contribution is 0.600. The highest BCUT2D eigenvalue weighted by molar-refractivity contribution is 9.10. The van der Waals surface area contributed by atoms with Gasteiger partial charge in [-0.2, -0.15) is 0 Å². The van der Waals surface area contributed by atoms with Crippen LogP contribution in [0.3, 0.4) is 0 Å². The van der Waals surface area contributed by atoms with Crippen LogP contribution < -0.4 is 10.5 Å². The second-order valence-electron chi connectivity index (χ2n) is 3.66. The fourth-order valence-electron chi connectivity index (χ4n) is 1.41. The normalized spacial score (nSPS) is 11.3. The highest BCUT2D eigenvalue weighted by Crippen LogP contribution is 2.22. The molecule has 2 aromatic rings. The molecule has 0 bridgehead atoms. The second-order valence-corrected chi connectivity index (χ2v) is 6.12.